The van der Waals surface area contributed by atoms with E-state index in [0.29, 0.717) is 5.69 Å². The standard InChI is InChI=1S/C20H18N6O9S3/c21-20-23-10(6-38-20)13(25-35-3-11(27)28)16(30)24-14-17(31)26-15(19(32)33)8(4-37-18(14)26)2-34-12(29)1-9-5-36-7-22-9/h5-7,14,18H,1-4H2,(H2,21,23)(H,24,30)(H,27,28)(H,32,33)/t14?,18-/m1/s1. The number of thioether (sulfide) groups is 1. The number of rotatable bonds is 11. The number of ether oxygens (including phenoxy) is 1. The number of nitrogens with zero attached hydrogens (tertiary/aromatic N) is 4. The average molecular weight is 583 g/mol. The van der Waals surface area contributed by atoms with Crippen molar-refractivity contribution in [3.8, 4) is 0 Å². The van der Waals surface area contributed by atoms with Crippen LogP contribution < -0.4 is 11.1 Å². The van der Waals surface area contributed by atoms with E-state index in [4.69, 9.17) is 15.6 Å². The first-order valence-corrected chi connectivity index (χ1v) is 13.4. The van der Waals surface area contributed by atoms with Gasteiger partial charge in [-0.3, -0.25) is 19.3 Å². The number of hydrogen-bond acceptors (Lipinski definition) is 14. The van der Waals surface area contributed by atoms with Crippen molar-refractivity contribution in [1.29, 1.82) is 0 Å². The van der Waals surface area contributed by atoms with E-state index in [1.54, 1.807) is 10.9 Å². The van der Waals surface area contributed by atoms with Gasteiger partial charge in [-0.05, 0) is 0 Å². The molecule has 2 amide bonds. The summed E-state index contributed by atoms with van der Waals surface area (Å²) in [5.74, 6) is -4.80. The van der Waals surface area contributed by atoms with Gasteiger partial charge in [0, 0.05) is 22.1 Å². The van der Waals surface area contributed by atoms with Crippen LogP contribution in [0, 0.1) is 0 Å². The molecular weight excluding hydrogens is 564 g/mol. The van der Waals surface area contributed by atoms with Gasteiger partial charge in [-0.2, -0.15) is 0 Å². The zero-order valence-corrected chi connectivity index (χ0v) is 21.5. The van der Waals surface area contributed by atoms with Crippen molar-refractivity contribution in [1.82, 2.24) is 20.2 Å². The predicted octanol–water partition coefficient (Wildman–Crippen LogP) is -0.488. The second-order valence-corrected chi connectivity index (χ2v) is 10.3. The minimum atomic E-state index is -1.39. The molecule has 4 rings (SSSR count). The van der Waals surface area contributed by atoms with Gasteiger partial charge in [0.25, 0.3) is 11.8 Å². The summed E-state index contributed by atoms with van der Waals surface area (Å²) in [7, 11) is 0. The molecule has 0 bridgehead atoms. The molecule has 2 aromatic rings. The molecule has 0 spiro atoms. The number of aromatic nitrogens is 2. The van der Waals surface area contributed by atoms with Crippen molar-refractivity contribution >= 4 is 75.0 Å². The maximum absolute atomic E-state index is 12.9. The summed E-state index contributed by atoms with van der Waals surface area (Å²) in [6.45, 7) is -1.15. The van der Waals surface area contributed by atoms with Gasteiger partial charge in [0.05, 0.1) is 17.6 Å². The summed E-state index contributed by atoms with van der Waals surface area (Å²) in [5.41, 5.74) is 7.20. The number of carbonyl (C=O) groups excluding carboxylic acids is 3. The van der Waals surface area contributed by atoms with Gasteiger partial charge in [0.1, 0.15) is 29.4 Å². The van der Waals surface area contributed by atoms with Crippen LogP contribution in [0.1, 0.15) is 11.4 Å². The van der Waals surface area contributed by atoms with Crippen LogP contribution in [0.4, 0.5) is 5.13 Å². The third-order valence-corrected chi connectivity index (χ3v) is 7.73. The Hall–Kier alpha value is -4.03. The molecule has 38 heavy (non-hydrogen) atoms. The van der Waals surface area contributed by atoms with Gasteiger partial charge < -0.3 is 30.8 Å². The molecule has 18 heteroatoms. The summed E-state index contributed by atoms with van der Waals surface area (Å²) in [4.78, 5) is 74.3. The number of anilines is 1. The molecule has 0 saturated carbocycles. The van der Waals surface area contributed by atoms with Crippen molar-refractivity contribution in [3.05, 3.63) is 38.9 Å². The third-order valence-electron chi connectivity index (χ3n) is 5.08. The Morgan fingerprint density at radius 1 is 1.26 bits per heavy atom. The van der Waals surface area contributed by atoms with Crippen LogP contribution in [-0.4, -0.2) is 90.9 Å². The number of thiazole rings is 2. The number of fused-ring (bicyclic) bond motifs is 1. The fourth-order valence-electron chi connectivity index (χ4n) is 3.45. The maximum atomic E-state index is 12.9. The van der Waals surface area contributed by atoms with Crippen molar-refractivity contribution in [2.24, 2.45) is 5.16 Å². The highest BCUT2D eigenvalue weighted by Crippen LogP contribution is 2.40. The normalized spacial score (nSPS) is 18.9. The largest absolute Gasteiger partial charge is 0.479 e. The lowest BCUT2D eigenvalue weighted by molar-refractivity contribution is -0.150. The number of nitrogen functional groups attached to an aromatic ring is 1. The van der Waals surface area contributed by atoms with E-state index in [-0.39, 0.29) is 40.9 Å². The van der Waals surface area contributed by atoms with E-state index in [9.17, 15) is 29.1 Å². The number of carboxylic acid groups (broad SMARTS) is 2. The van der Waals surface area contributed by atoms with Crippen LogP contribution in [0.25, 0.3) is 0 Å². The molecule has 15 nitrogen and oxygen atoms in total. The van der Waals surface area contributed by atoms with E-state index in [1.807, 2.05) is 0 Å². The first-order valence-electron chi connectivity index (χ1n) is 10.5. The SMILES string of the molecule is Nc1nc(C(=NOCC(=O)O)C(=O)NC2C(=O)N3C(C(=O)O)=C(COC(=O)Cc4cscn4)CS[C@H]23)cs1. The Morgan fingerprint density at radius 3 is 2.68 bits per heavy atom. The fraction of sp³-hybridized carbons (Fsp3) is 0.300. The molecule has 1 fully saturated rings. The number of amides is 2. The Bertz CT molecular complexity index is 1340. The molecule has 2 atom stereocenters. The van der Waals surface area contributed by atoms with E-state index < -0.39 is 53.5 Å². The smallest absolute Gasteiger partial charge is 0.352 e. The number of β-lactam (4-membered cyclic amide) rings is 1. The van der Waals surface area contributed by atoms with Crippen molar-refractivity contribution in [2.45, 2.75) is 17.8 Å². The molecular formula is C20H18N6O9S3. The maximum Gasteiger partial charge on any atom is 0.352 e. The number of nitrogens with two attached hydrogens (primary N) is 1. The lowest BCUT2D eigenvalue weighted by atomic mass is 10.0. The van der Waals surface area contributed by atoms with Crippen LogP contribution in [-0.2, 0) is 40.0 Å². The van der Waals surface area contributed by atoms with Gasteiger partial charge in [-0.15, -0.1) is 34.4 Å². The lowest BCUT2D eigenvalue weighted by Gasteiger charge is -2.49. The summed E-state index contributed by atoms with van der Waals surface area (Å²) in [6.07, 6.45) is -0.0730. The fourth-order valence-corrected chi connectivity index (χ4v) is 5.88. The van der Waals surface area contributed by atoms with Crippen molar-refractivity contribution < 1.29 is 43.8 Å². The van der Waals surface area contributed by atoms with Crippen LogP contribution in [0.5, 0.6) is 0 Å². The molecule has 2 aliphatic rings. The Kier molecular flexibility index (Phi) is 8.23. The van der Waals surface area contributed by atoms with Crippen LogP contribution in [0.3, 0.4) is 0 Å². The summed E-state index contributed by atoms with van der Waals surface area (Å²) < 4.78 is 5.20. The van der Waals surface area contributed by atoms with Crippen LogP contribution >= 0.6 is 34.4 Å². The van der Waals surface area contributed by atoms with Crippen molar-refractivity contribution in [3.63, 3.8) is 0 Å². The Morgan fingerprint density at radius 2 is 2.05 bits per heavy atom. The predicted molar refractivity (Wildman–Crippen MR) is 133 cm³/mol. The molecule has 1 unspecified atom stereocenters. The minimum Gasteiger partial charge on any atom is -0.479 e. The van der Waals surface area contributed by atoms with Crippen LogP contribution in [0.2, 0.25) is 0 Å². The molecule has 1 saturated heterocycles. The number of carbonyl (C=O) groups is 5. The monoisotopic (exact) mass is 582 g/mol. The minimum absolute atomic E-state index is 0.00295. The molecule has 0 aromatic carbocycles. The van der Waals surface area contributed by atoms with Gasteiger partial charge in [-0.1, -0.05) is 5.16 Å². The molecule has 2 aromatic heterocycles. The number of oxime groups is 1. The first kappa shape index (κ1) is 27.0. The van der Waals surface area contributed by atoms with E-state index in [1.165, 1.54) is 28.5 Å². The van der Waals surface area contributed by atoms with E-state index in [0.717, 1.165) is 16.2 Å². The van der Waals surface area contributed by atoms with Gasteiger partial charge >= 0.3 is 17.9 Å². The molecule has 4 heterocycles. The van der Waals surface area contributed by atoms with Crippen LogP contribution in [0.15, 0.2) is 32.7 Å². The number of aliphatic carboxylic acids is 2. The Labute approximate surface area is 225 Å². The highest BCUT2D eigenvalue weighted by atomic mass is 32.2. The highest BCUT2D eigenvalue weighted by Gasteiger charge is 2.54. The Balaban J connectivity index is 1.45. The number of nitrogens with one attached hydrogen (secondary N) is 1. The lowest BCUT2D eigenvalue weighted by Crippen LogP contribution is -2.71. The molecule has 200 valence electrons. The zero-order valence-electron chi connectivity index (χ0n) is 19.1. The molecule has 5 N–H and O–H groups in total. The number of esters is 1. The highest BCUT2D eigenvalue weighted by molar-refractivity contribution is 8.00. The summed E-state index contributed by atoms with van der Waals surface area (Å²) in [5, 5.41) is 27.0. The number of hydrogen-bond donors (Lipinski definition) is 4. The average Bonchev–Trinajstić information content (AvgIpc) is 3.54. The molecule has 0 aliphatic carbocycles. The van der Waals surface area contributed by atoms with Gasteiger partial charge in [0.15, 0.2) is 10.8 Å². The van der Waals surface area contributed by atoms with Gasteiger partial charge in [0.2, 0.25) is 6.61 Å². The van der Waals surface area contributed by atoms with E-state index in [2.05, 4.69) is 25.3 Å². The topological polar surface area (TPSA) is 224 Å². The number of carboxylic acids is 2. The third kappa shape index (κ3) is 5.92. The first-order chi connectivity index (χ1) is 18.2. The second-order valence-electron chi connectivity index (χ2n) is 7.61. The molecule has 2 aliphatic heterocycles. The quantitative estimate of drug-likeness (QED) is 0.114. The molecule has 0 radical (unpaired) electrons. The van der Waals surface area contributed by atoms with Crippen molar-refractivity contribution in [2.75, 3.05) is 24.7 Å². The van der Waals surface area contributed by atoms with Gasteiger partial charge in [-0.25, -0.2) is 19.6 Å². The van der Waals surface area contributed by atoms with E-state index >= 15 is 0 Å². The second kappa shape index (κ2) is 11.6. The zero-order chi connectivity index (χ0) is 27.4. The summed E-state index contributed by atoms with van der Waals surface area (Å²) in [6, 6.07) is -1.11. The summed E-state index contributed by atoms with van der Waals surface area (Å²) >= 11 is 3.50.